The van der Waals surface area contributed by atoms with Gasteiger partial charge in [0.15, 0.2) is 0 Å². The molecule has 0 unspecified atom stereocenters. The number of aryl methyl sites for hydroxylation is 1. The summed E-state index contributed by atoms with van der Waals surface area (Å²) in [5.41, 5.74) is 8.71. The number of nitrogens with two attached hydrogens (primary N) is 1. The van der Waals surface area contributed by atoms with Gasteiger partial charge in [-0.3, -0.25) is 0 Å². The third kappa shape index (κ3) is 3.41. The minimum Gasteiger partial charge on any atom is -0.496 e. The lowest BCUT2D eigenvalue weighted by molar-refractivity contribution is 0.296. The summed E-state index contributed by atoms with van der Waals surface area (Å²) in [6, 6.07) is 13.6. The van der Waals surface area contributed by atoms with E-state index in [0.717, 1.165) is 29.2 Å². The van der Waals surface area contributed by atoms with Gasteiger partial charge in [-0.2, -0.15) is 0 Å². The molecule has 3 nitrogen and oxygen atoms in total. The van der Waals surface area contributed by atoms with Crippen LogP contribution in [0.1, 0.15) is 18.1 Å². The van der Waals surface area contributed by atoms with E-state index >= 15 is 0 Å². The van der Waals surface area contributed by atoms with Gasteiger partial charge in [-0.25, -0.2) is 0 Å². The normalized spacial score (nSPS) is 10.2. The average molecular weight is 257 g/mol. The molecule has 100 valence electrons. The van der Waals surface area contributed by atoms with Gasteiger partial charge >= 0.3 is 0 Å². The van der Waals surface area contributed by atoms with Crippen molar-refractivity contribution >= 4 is 5.69 Å². The largest absolute Gasteiger partial charge is 0.496 e. The van der Waals surface area contributed by atoms with Crippen molar-refractivity contribution in [3.63, 3.8) is 0 Å². The van der Waals surface area contributed by atoms with Gasteiger partial charge in [0.25, 0.3) is 0 Å². The lowest BCUT2D eigenvalue weighted by Crippen LogP contribution is -2.00. The van der Waals surface area contributed by atoms with Gasteiger partial charge in [0.05, 0.1) is 7.11 Å². The van der Waals surface area contributed by atoms with Crippen LogP contribution >= 0.6 is 0 Å². The quantitative estimate of drug-likeness (QED) is 0.835. The Labute approximate surface area is 114 Å². The molecule has 0 amide bonds. The van der Waals surface area contributed by atoms with E-state index in [0.29, 0.717) is 6.61 Å². The van der Waals surface area contributed by atoms with Crippen LogP contribution in [0.25, 0.3) is 0 Å². The van der Waals surface area contributed by atoms with E-state index in [-0.39, 0.29) is 0 Å². The summed E-state index contributed by atoms with van der Waals surface area (Å²) in [7, 11) is 1.67. The number of anilines is 1. The maximum absolute atomic E-state index is 5.75. The molecule has 2 aromatic carbocycles. The smallest absolute Gasteiger partial charge is 0.125 e. The van der Waals surface area contributed by atoms with Gasteiger partial charge in [-0.05, 0) is 48.4 Å². The van der Waals surface area contributed by atoms with Crippen molar-refractivity contribution in [1.29, 1.82) is 0 Å². The highest BCUT2D eigenvalue weighted by molar-refractivity contribution is 5.42. The van der Waals surface area contributed by atoms with E-state index in [4.69, 9.17) is 15.2 Å². The molecular formula is C16H19NO2. The Morgan fingerprint density at radius 3 is 2.42 bits per heavy atom. The molecule has 0 saturated carbocycles. The van der Waals surface area contributed by atoms with Gasteiger partial charge in [-0.1, -0.05) is 13.0 Å². The number of nitrogen functional groups attached to an aromatic ring is 1. The third-order valence-electron chi connectivity index (χ3n) is 3.03. The third-order valence-corrected chi connectivity index (χ3v) is 3.03. The maximum atomic E-state index is 5.75. The molecule has 2 N–H and O–H groups in total. The standard InChI is InChI=1S/C16H19NO2/c1-3-12-4-9-16(18-2)13(10-12)11-19-15-7-5-14(17)6-8-15/h4-10H,3,11,17H2,1-2H3. The minimum absolute atomic E-state index is 0.487. The molecule has 0 heterocycles. The van der Waals surface area contributed by atoms with E-state index in [9.17, 15) is 0 Å². The molecule has 0 atom stereocenters. The van der Waals surface area contributed by atoms with Crippen LogP contribution in [-0.4, -0.2) is 7.11 Å². The molecule has 2 aromatic rings. The molecule has 0 bridgehead atoms. The Balaban J connectivity index is 2.11. The maximum Gasteiger partial charge on any atom is 0.125 e. The Morgan fingerprint density at radius 1 is 1.05 bits per heavy atom. The number of hydrogen-bond donors (Lipinski definition) is 1. The summed E-state index contributed by atoms with van der Waals surface area (Å²) in [5, 5.41) is 0. The first-order valence-corrected chi connectivity index (χ1v) is 6.37. The highest BCUT2D eigenvalue weighted by Gasteiger charge is 2.05. The van der Waals surface area contributed by atoms with Crippen LogP contribution in [-0.2, 0) is 13.0 Å². The predicted octanol–water partition coefficient (Wildman–Crippen LogP) is 3.42. The molecule has 0 aliphatic rings. The minimum atomic E-state index is 0.487. The van der Waals surface area contributed by atoms with Crippen LogP contribution in [0.15, 0.2) is 42.5 Å². The number of methoxy groups -OCH3 is 1. The van der Waals surface area contributed by atoms with Crippen molar-refractivity contribution in [1.82, 2.24) is 0 Å². The fraction of sp³-hybridized carbons (Fsp3) is 0.250. The SMILES string of the molecule is CCc1ccc(OC)c(COc2ccc(N)cc2)c1. The lowest BCUT2D eigenvalue weighted by Gasteiger charge is -2.12. The molecule has 2 rings (SSSR count). The van der Waals surface area contributed by atoms with Crippen molar-refractivity contribution in [2.75, 3.05) is 12.8 Å². The molecular weight excluding hydrogens is 238 g/mol. The average Bonchev–Trinajstić information content (AvgIpc) is 2.46. The fourth-order valence-corrected chi connectivity index (χ4v) is 1.89. The number of benzene rings is 2. The molecule has 0 saturated heterocycles. The highest BCUT2D eigenvalue weighted by atomic mass is 16.5. The van der Waals surface area contributed by atoms with Crippen LogP contribution in [0, 0.1) is 0 Å². The molecule has 19 heavy (non-hydrogen) atoms. The Morgan fingerprint density at radius 2 is 1.79 bits per heavy atom. The summed E-state index contributed by atoms with van der Waals surface area (Å²) in [4.78, 5) is 0. The van der Waals surface area contributed by atoms with Crippen molar-refractivity contribution in [2.45, 2.75) is 20.0 Å². The summed E-state index contributed by atoms with van der Waals surface area (Å²) in [5.74, 6) is 1.66. The first-order valence-electron chi connectivity index (χ1n) is 6.37. The Bertz CT molecular complexity index is 535. The van der Waals surface area contributed by atoms with Gasteiger partial charge < -0.3 is 15.2 Å². The van der Waals surface area contributed by atoms with Crippen molar-refractivity contribution in [2.24, 2.45) is 0 Å². The second-order valence-corrected chi connectivity index (χ2v) is 4.36. The Kier molecular flexibility index (Phi) is 4.29. The molecule has 0 radical (unpaired) electrons. The molecule has 0 spiro atoms. The molecule has 0 aromatic heterocycles. The zero-order chi connectivity index (χ0) is 13.7. The van der Waals surface area contributed by atoms with Gasteiger partial charge in [0, 0.05) is 11.3 Å². The zero-order valence-corrected chi connectivity index (χ0v) is 11.3. The van der Waals surface area contributed by atoms with Gasteiger partial charge in [-0.15, -0.1) is 0 Å². The summed E-state index contributed by atoms with van der Waals surface area (Å²) in [6.45, 7) is 2.62. The predicted molar refractivity (Wildman–Crippen MR) is 77.6 cm³/mol. The summed E-state index contributed by atoms with van der Waals surface area (Å²) < 4.78 is 11.1. The first-order chi connectivity index (χ1) is 9.22. The molecule has 0 fully saturated rings. The van der Waals surface area contributed by atoms with Gasteiger partial charge in [0.1, 0.15) is 18.1 Å². The van der Waals surface area contributed by atoms with E-state index in [1.54, 1.807) is 7.11 Å². The molecule has 0 aliphatic heterocycles. The second kappa shape index (κ2) is 6.14. The topological polar surface area (TPSA) is 44.5 Å². The zero-order valence-electron chi connectivity index (χ0n) is 11.3. The van der Waals surface area contributed by atoms with Crippen LogP contribution in [0.3, 0.4) is 0 Å². The number of rotatable bonds is 5. The highest BCUT2D eigenvalue weighted by Crippen LogP contribution is 2.22. The van der Waals surface area contributed by atoms with Crippen molar-refractivity contribution in [3.05, 3.63) is 53.6 Å². The van der Waals surface area contributed by atoms with E-state index in [1.165, 1.54) is 5.56 Å². The number of ether oxygens (including phenoxy) is 2. The monoisotopic (exact) mass is 257 g/mol. The van der Waals surface area contributed by atoms with Gasteiger partial charge in [0.2, 0.25) is 0 Å². The Hall–Kier alpha value is -2.16. The lowest BCUT2D eigenvalue weighted by atomic mass is 10.1. The number of hydrogen-bond acceptors (Lipinski definition) is 3. The van der Waals surface area contributed by atoms with Crippen LogP contribution in [0.4, 0.5) is 5.69 Å². The van der Waals surface area contributed by atoms with Crippen LogP contribution in [0.2, 0.25) is 0 Å². The van der Waals surface area contributed by atoms with Crippen LogP contribution in [0.5, 0.6) is 11.5 Å². The second-order valence-electron chi connectivity index (χ2n) is 4.36. The summed E-state index contributed by atoms with van der Waals surface area (Å²) >= 11 is 0. The van der Waals surface area contributed by atoms with E-state index in [1.807, 2.05) is 30.3 Å². The van der Waals surface area contributed by atoms with E-state index in [2.05, 4.69) is 19.1 Å². The molecule has 3 heteroatoms. The van der Waals surface area contributed by atoms with Crippen LogP contribution < -0.4 is 15.2 Å². The van der Waals surface area contributed by atoms with E-state index < -0.39 is 0 Å². The first kappa shape index (κ1) is 13.3. The summed E-state index contributed by atoms with van der Waals surface area (Å²) in [6.07, 6.45) is 0.999. The van der Waals surface area contributed by atoms with Crippen molar-refractivity contribution < 1.29 is 9.47 Å². The fourth-order valence-electron chi connectivity index (χ4n) is 1.89. The molecule has 0 aliphatic carbocycles. The van der Waals surface area contributed by atoms with Crippen molar-refractivity contribution in [3.8, 4) is 11.5 Å².